The maximum atomic E-state index is 12.5. The van der Waals surface area contributed by atoms with Crippen molar-refractivity contribution < 1.29 is 8.42 Å². The van der Waals surface area contributed by atoms with Crippen molar-refractivity contribution >= 4 is 10.0 Å². The Bertz CT molecular complexity index is 517. The van der Waals surface area contributed by atoms with Gasteiger partial charge in [0.2, 0.25) is 10.0 Å². The third kappa shape index (κ3) is 3.00. The second kappa shape index (κ2) is 5.67. The number of benzene rings is 1. The number of aryl methyl sites for hydroxylation is 1. The van der Waals surface area contributed by atoms with Gasteiger partial charge in [0.15, 0.2) is 0 Å². The van der Waals surface area contributed by atoms with Crippen LogP contribution in [-0.2, 0) is 10.0 Å². The molecule has 1 aromatic rings. The summed E-state index contributed by atoms with van der Waals surface area (Å²) in [6, 6.07) is 7.08. The van der Waals surface area contributed by atoms with Gasteiger partial charge in [0.1, 0.15) is 0 Å². The lowest BCUT2D eigenvalue weighted by molar-refractivity contribution is 0.406. The lowest BCUT2D eigenvalue weighted by atomic mass is 10.2. The smallest absolute Gasteiger partial charge is 0.207 e. The molecule has 0 spiro atoms. The van der Waals surface area contributed by atoms with Crippen molar-refractivity contribution in [2.45, 2.75) is 31.1 Å². The summed E-state index contributed by atoms with van der Waals surface area (Å²) in [4.78, 5) is 0.401. The molecule has 4 heteroatoms. The fourth-order valence-electron chi connectivity index (χ4n) is 2.05. The van der Waals surface area contributed by atoms with Crippen molar-refractivity contribution in [2.75, 3.05) is 13.1 Å². The van der Waals surface area contributed by atoms with E-state index in [1.807, 2.05) is 19.1 Å². The van der Waals surface area contributed by atoms with Crippen LogP contribution in [0.25, 0.3) is 0 Å². The van der Waals surface area contributed by atoms with Gasteiger partial charge in [-0.25, -0.2) is 8.42 Å². The van der Waals surface area contributed by atoms with E-state index in [0.29, 0.717) is 18.0 Å². The second-order valence-electron chi connectivity index (χ2n) is 4.62. The molecule has 2 rings (SSSR count). The number of hydrogen-bond donors (Lipinski definition) is 0. The van der Waals surface area contributed by atoms with E-state index in [9.17, 15) is 8.42 Å². The molecule has 0 saturated heterocycles. The number of allylic oxidation sites excluding steroid dienone is 1. The van der Waals surface area contributed by atoms with Crippen molar-refractivity contribution in [1.82, 2.24) is 4.31 Å². The van der Waals surface area contributed by atoms with Crippen LogP contribution in [0.4, 0.5) is 0 Å². The van der Waals surface area contributed by atoms with Crippen LogP contribution in [0.3, 0.4) is 0 Å². The normalized spacial score (nSPS) is 20.1. The van der Waals surface area contributed by atoms with Crippen LogP contribution in [0.5, 0.6) is 0 Å². The number of rotatable bonds is 2. The number of hydrogen-bond acceptors (Lipinski definition) is 2. The van der Waals surface area contributed by atoms with E-state index in [4.69, 9.17) is 0 Å². The maximum Gasteiger partial charge on any atom is 0.243 e. The Balaban J connectivity index is 2.24. The average Bonchev–Trinajstić information content (AvgIpc) is 2.28. The molecule has 98 valence electrons. The molecule has 0 atom stereocenters. The van der Waals surface area contributed by atoms with Gasteiger partial charge in [0.05, 0.1) is 4.90 Å². The highest BCUT2D eigenvalue weighted by atomic mass is 32.2. The van der Waals surface area contributed by atoms with E-state index in [2.05, 4.69) is 12.2 Å². The van der Waals surface area contributed by atoms with Crippen molar-refractivity contribution in [3.63, 3.8) is 0 Å². The molecule has 0 N–H and O–H groups in total. The van der Waals surface area contributed by atoms with Crippen molar-refractivity contribution in [3.05, 3.63) is 42.0 Å². The van der Waals surface area contributed by atoms with Crippen LogP contribution in [0.15, 0.2) is 41.3 Å². The van der Waals surface area contributed by atoms with Gasteiger partial charge in [-0.2, -0.15) is 4.31 Å². The topological polar surface area (TPSA) is 37.4 Å². The SMILES string of the molecule is Cc1ccc(S(=O)(=O)N2CC/C=C\CCC2)cc1. The molecule has 0 aliphatic carbocycles. The second-order valence-corrected chi connectivity index (χ2v) is 6.56. The van der Waals surface area contributed by atoms with Crippen LogP contribution in [0.2, 0.25) is 0 Å². The summed E-state index contributed by atoms with van der Waals surface area (Å²) in [7, 11) is -3.32. The lowest BCUT2D eigenvalue weighted by Gasteiger charge is -2.22. The van der Waals surface area contributed by atoms with E-state index >= 15 is 0 Å². The fourth-order valence-corrected chi connectivity index (χ4v) is 3.54. The highest BCUT2D eigenvalue weighted by molar-refractivity contribution is 7.89. The highest BCUT2D eigenvalue weighted by Gasteiger charge is 2.23. The highest BCUT2D eigenvalue weighted by Crippen LogP contribution is 2.18. The van der Waals surface area contributed by atoms with Gasteiger partial charge in [-0.3, -0.25) is 0 Å². The van der Waals surface area contributed by atoms with Crippen molar-refractivity contribution in [3.8, 4) is 0 Å². The first kappa shape index (κ1) is 13.3. The zero-order valence-electron chi connectivity index (χ0n) is 10.7. The van der Waals surface area contributed by atoms with Gasteiger partial charge < -0.3 is 0 Å². The molecule has 1 heterocycles. The van der Waals surface area contributed by atoms with Crippen molar-refractivity contribution in [1.29, 1.82) is 0 Å². The molecule has 0 bridgehead atoms. The summed E-state index contributed by atoms with van der Waals surface area (Å²) >= 11 is 0. The average molecular weight is 265 g/mol. The monoisotopic (exact) mass is 265 g/mol. The summed E-state index contributed by atoms with van der Waals surface area (Å²) in [5.74, 6) is 0. The van der Waals surface area contributed by atoms with Crippen molar-refractivity contribution in [2.24, 2.45) is 0 Å². The third-order valence-electron chi connectivity index (χ3n) is 3.15. The van der Waals surface area contributed by atoms with Crippen LogP contribution in [0, 0.1) is 6.92 Å². The minimum atomic E-state index is -3.32. The molecule has 1 aromatic carbocycles. The van der Waals surface area contributed by atoms with Gasteiger partial charge in [-0.05, 0) is 38.3 Å². The first-order chi connectivity index (χ1) is 8.60. The first-order valence-electron chi connectivity index (χ1n) is 6.32. The standard InChI is InChI=1S/C14H19NO2S/c1-13-7-9-14(10-8-13)18(16,17)15-11-5-3-2-4-6-12-15/h2-3,7-10H,4-6,11-12H2,1H3/b3-2-. The van der Waals surface area contributed by atoms with Gasteiger partial charge in [-0.15, -0.1) is 0 Å². The van der Waals surface area contributed by atoms with E-state index < -0.39 is 10.0 Å². The van der Waals surface area contributed by atoms with E-state index in [-0.39, 0.29) is 0 Å². The van der Waals surface area contributed by atoms with Gasteiger partial charge >= 0.3 is 0 Å². The molecule has 0 radical (unpaired) electrons. The number of nitrogens with zero attached hydrogens (tertiary/aromatic N) is 1. The Morgan fingerprint density at radius 2 is 1.67 bits per heavy atom. The van der Waals surface area contributed by atoms with Gasteiger partial charge in [0, 0.05) is 13.1 Å². The Morgan fingerprint density at radius 1 is 1.00 bits per heavy atom. The molecular formula is C14H19NO2S. The molecule has 0 amide bonds. The van der Waals surface area contributed by atoms with Crippen LogP contribution in [-0.4, -0.2) is 25.8 Å². The molecule has 0 unspecified atom stereocenters. The minimum absolute atomic E-state index is 0.401. The largest absolute Gasteiger partial charge is 0.243 e. The molecular weight excluding hydrogens is 246 g/mol. The quantitative estimate of drug-likeness (QED) is 0.771. The first-order valence-corrected chi connectivity index (χ1v) is 7.76. The summed E-state index contributed by atoms with van der Waals surface area (Å²) in [6.07, 6.45) is 6.85. The zero-order valence-corrected chi connectivity index (χ0v) is 11.5. The molecule has 0 saturated carbocycles. The lowest BCUT2D eigenvalue weighted by Crippen LogP contribution is -2.33. The molecule has 0 fully saturated rings. The van der Waals surface area contributed by atoms with E-state index in [1.165, 1.54) is 0 Å². The Kier molecular flexibility index (Phi) is 4.19. The maximum absolute atomic E-state index is 12.5. The van der Waals surface area contributed by atoms with Crippen LogP contribution >= 0.6 is 0 Å². The van der Waals surface area contributed by atoms with Gasteiger partial charge in [-0.1, -0.05) is 29.8 Å². The number of sulfonamides is 1. The molecule has 18 heavy (non-hydrogen) atoms. The minimum Gasteiger partial charge on any atom is -0.207 e. The molecule has 0 aromatic heterocycles. The van der Waals surface area contributed by atoms with E-state index in [0.717, 1.165) is 24.8 Å². The predicted octanol–water partition coefficient (Wildman–Crippen LogP) is 2.73. The Labute approximate surface area is 109 Å². The summed E-state index contributed by atoms with van der Waals surface area (Å²) in [5, 5.41) is 0. The zero-order chi connectivity index (χ0) is 13.0. The van der Waals surface area contributed by atoms with Crippen LogP contribution < -0.4 is 0 Å². The molecule has 1 aliphatic heterocycles. The predicted molar refractivity (Wildman–Crippen MR) is 72.9 cm³/mol. The summed E-state index contributed by atoms with van der Waals surface area (Å²) in [5.41, 5.74) is 1.07. The fraction of sp³-hybridized carbons (Fsp3) is 0.429. The molecule has 1 aliphatic rings. The molecule has 3 nitrogen and oxygen atoms in total. The van der Waals surface area contributed by atoms with Gasteiger partial charge in [0.25, 0.3) is 0 Å². The van der Waals surface area contributed by atoms with Crippen LogP contribution in [0.1, 0.15) is 24.8 Å². The summed E-state index contributed by atoms with van der Waals surface area (Å²) in [6.45, 7) is 3.14. The van der Waals surface area contributed by atoms with E-state index in [1.54, 1.807) is 16.4 Å². The Morgan fingerprint density at radius 3 is 2.39 bits per heavy atom. The summed E-state index contributed by atoms with van der Waals surface area (Å²) < 4.78 is 26.5. The Hall–Kier alpha value is -1.13. The third-order valence-corrected chi connectivity index (χ3v) is 5.06.